The number of carbonyl (C=O) groups excluding carboxylic acids is 1. The highest BCUT2D eigenvalue weighted by atomic mass is 16.5. The number of nitrogens with one attached hydrogen (secondary N) is 2. The zero-order valence-corrected chi connectivity index (χ0v) is 12.8. The van der Waals surface area contributed by atoms with Crippen LogP contribution in [0.4, 0.5) is 0 Å². The second-order valence-corrected chi connectivity index (χ2v) is 4.26. The Labute approximate surface area is 124 Å². The zero-order chi connectivity index (χ0) is 15.7. The fourth-order valence-electron chi connectivity index (χ4n) is 1.66. The van der Waals surface area contributed by atoms with Crippen molar-refractivity contribution in [3.05, 3.63) is 11.9 Å². The van der Waals surface area contributed by atoms with E-state index in [-0.39, 0.29) is 11.9 Å². The molecule has 1 amide bonds. The number of nitrogens with zero attached hydrogens (tertiary/aromatic N) is 2. The highest BCUT2D eigenvalue weighted by Gasteiger charge is 2.16. The summed E-state index contributed by atoms with van der Waals surface area (Å²) < 4.78 is 15.2. The van der Waals surface area contributed by atoms with Gasteiger partial charge in [-0.3, -0.25) is 4.79 Å². The molecule has 0 saturated carbocycles. The Morgan fingerprint density at radius 3 is 2.38 bits per heavy atom. The fraction of sp³-hybridized carbons (Fsp3) is 0.615. The SMILES string of the molecule is COCCNC(=O)C(C)NCc1c(OC)ncnc1OC. The van der Waals surface area contributed by atoms with Gasteiger partial charge in [-0.15, -0.1) is 0 Å². The van der Waals surface area contributed by atoms with Crippen molar-refractivity contribution in [3.63, 3.8) is 0 Å². The summed E-state index contributed by atoms with van der Waals surface area (Å²) in [4.78, 5) is 19.9. The normalized spacial score (nSPS) is 11.8. The van der Waals surface area contributed by atoms with Crippen LogP contribution in [0.3, 0.4) is 0 Å². The zero-order valence-electron chi connectivity index (χ0n) is 12.8. The third-order valence-electron chi connectivity index (χ3n) is 2.84. The Morgan fingerprint density at radius 1 is 1.24 bits per heavy atom. The predicted octanol–water partition coefficient (Wildman–Crippen LogP) is -0.265. The standard InChI is InChI=1S/C13H22N4O4/c1-9(11(18)14-5-6-19-2)15-7-10-12(20-3)16-8-17-13(10)21-4/h8-9,15H,5-7H2,1-4H3,(H,14,18). The maximum absolute atomic E-state index is 11.8. The van der Waals surface area contributed by atoms with E-state index in [1.807, 2.05) is 0 Å². The second-order valence-electron chi connectivity index (χ2n) is 4.26. The first-order valence-electron chi connectivity index (χ1n) is 6.55. The van der Waals surface area contributed by atoms with Crippen molar-refractivity contribution in [3.8, 4) is 11.8 Å². The third kappa shape index (κ3) is 5.16. The van der Waals surface area contributed by atoms with Crippen LogP contribution in [0.25, 0.3) is 0 Å². The molecule has 1 unspecified atom stereocenters. The number of hydrogen-bond donors (Lipinski definition) is 2. The van der Waals surface area contributed by atoms with Gasteiger partial charge in [0.15, 0.2) is 0 Å². The summed E-state index contributed by atoms with van der Waals surface area (Å²) in [5.74, 6) is 0.726. The van der Waals surface area contributed by atoms with Gasteiger partial charge in [0.2, 0.25) is 17.7 Å². The molecule has 0 fully saturated rings. The molecule has 1 rings (SSSR count). The van der Waals surface area contributed by atoms with Crippen LogP contribution < -0.4 is 20.1 Å². The molecule has 2 N–H and O–H groups in total. The summed E-state index contributed by atoms with van der Waals surface area (Å²) in [7, 11) is 4.63. The minimum Gasteiger partial charge on any atom is -0.481 e. The number of aromatic nitrogens is 2. The Balaban J connectivity index is 2.60. The van der Waals surface area contributed by atoms with E-state index in [9.17, 15) is 4.79 Å². The van der Waals surface area contributed by atoms with Gasteiger partial charge >= 0.3 is 0 Å². The first-order valence-corrected chi connectivity index (χ1v) is 6.55. The summed E-state index contributed by atoms with van der Waals surface area (Å²) in [5, 5.41) is 5.84. The third-order valence-corrected chi connectivity index (χ3v) is 2.84. The Kier molecular flexibility index (Phi) is 7.41. The molecule has 1 atom stereocenters. The molecule has 0 saturated heterocycles. The van der Waals surface area contributed by atoms with E-state index in [1.54, 1.807) is 14.0 Å². The summed E-state index contributed by atoms with van der Waals surface area (Å²) >= 11 is 0. The van der Waals surface area contributed by atoms with Gasteiger partial charge in [0, 0.05) is 20.2 Å². The molecule has 0 aromatic carbocycles. The maximum atomic E-state index is 11.8. The van der Waals surface area contributed by atoms with E-state index in [1.165, 1.54) is 20.5 Å². The lowest BCUT2D eigenvalue weighted by Gasteiger charge is -2.16. The van der Waals surface area contributed by atoms with Gasteiger partial charge in [0.05, 0.1) is 32.4 Å². The number of ether oxygens (including phenoxy) is 3. The highest BCUT2D eigenvalue weighted by molar-refractivity contribution is 5.81. The van der Waals surface area contributed by atoms with Crippen LogP contribution >= 0.6 is 0 Å². The van der Waals surface area contributed by atoms with Crippen molar-refractivity contribution < 1.29 is 19.0 Å². The van der Waals surface area contributed by atoms with E-state index in [0.717, 1.165) is 0 Å². The summed E-state index contributed by atoms with van der Waals surface area (Å²) in [6.45, 7) is 3.08. The summed E-state index contributed by atoms with van der Waals surface area (Å²) in [6.07, 6.45) is 1.36. The van der Waals surface area contributed by atoms with Gasteiger partial charge in [0.25, 0.3) is 0 Å². The molecule has 0 aliphatic rings. The molecule has 0 aliphatic carbocycles. The fourth-order valence-corrected chi connectivity index (χ4v) is 1.66. The van der Waals surface area contributed by atoms with Crippen molar-refractivity contribution in [2.75, 3.05) is 34.5 Å². The smallest absolute Gasteiger partial charge is 0.236 e. The van der Waals surface area contributed by atoms with Crippen molar-refractivity contribution >= 4 is 5.91 Å². The quantitative estimate of drug-likeness (QED) is 0.606. The largest absolute Gasteiger partial charge is 0.481 e. The highest BCUT2D eigenvalue weighted by Crippen LogP contribution is 2.22. The van der Waals surface area contributed by atoms with Gasteiger partial charge in [0.1, 0.15) is 6.33 Å². The van der Waals surface area contributed by atoms with Crippen LogP contribution in [0.5, 0.6) is 11.8 Å². The molecule has 1 aromatic rings. The van der Waals surface area contributed by atoms with Crippen LogP contribution in [0.1, 0.15) is 12.5 Å². The average Bonchev–Trinajstić information content (AvgIpc) is 2.52. The topological polar surface area (TPSA) is 94.6 Å². The molecule has 0 radical (unpaired) electrons. The molecule has 0 aliphatic heterocycles. The van der Waals surface area contributed by atoms with Crippen LogP contribution in [0.2, 0.25) is 0 Å². The van der Waals surface area contributed by atoms with Crippen molar-refractivity contribution in [1.29, 1.82) is 0 Å². The first-order chi connectivity index (χ1) is 10.1. The Morgan fingerprint density at radius 2 is 1.86 bits per heavy atom. The van der Waals surface area contributed by atoms with Gasteiger partial charge in [-0.1, -0.05) is 0 Å². The van der Waals surface area contributed by atoms with E-state index in [0.29, 0.717) is 37.0 Å². The van der Waals surface area contributed by atoms with Crippen molar-refractivity contribution in [2.24, 2.45) is 0 Å². The van der Waals surface area contributed by atoms with E-state index >= 15 is 0 Å². The van der Waals surface area contributed by atoms with Crippen LogP contribution in [-0.2, 0) is 16.1 Å². The lowest BCUT2D eigenvalue weighted by atomic mass is 10.2. The lowest BCUT2D eigenvalue weighted by molar-refractivity contribution is -0.123. The van der Waals surface area contributed by atoms with Gasteiger partial charge in [-0.25, -0.2) is 9.97 Å². The molecule has 118 valence electrons. The predicted molar refractivity (Wildman–Crippen MR) is 76.3 cm³/mol. The lowest BCUT2D eigenvalue weighted by Crippen LogP contribution is -2.42. The van der Waals surface area contributed by atoms with Crippen molar-refractivity contribution in [2.45, 2.75) is 19.5 Å². The van der Waals surface area contributed by atoms with Crippen LogP contribution in [-0.4, -0.2) is 56.4 Å². The van der Waals surface area contributed by atoms with E-state index < -0.39 is 0 Å². The minimum absolute atomic E-state index is 0.109. The molecule has 1 heterocycles. The number of carbonyl (C=O) groups is 1. The molecule has 21 heavy (non-hydrogen) atoms. The summed E-state index contributed by atoms with van der Waals surface area (Å²) in [6, 6.07) is -0.378. The van der Waals surface area contributed by atoms with E-state index in [2.05, 4.69) is 20.6 Å². The molecule has 0 spiro atoms. The van der Waals surface area contributed by atoms with E-state index in [4.69, 9.17) is 14.2 Å². The molecular weight excluding hydrogens is 276 g/mol. The minimum atomic E-state index is -0.378. The molecule has 8 nitrogen and oxygen atoms in total. The Bertz CT molecular complexity index is 434. The van der Waals surface area contributed by atoms with Gasteiger partial charge in [-0.2, -0.15) is 0 Å². The molecule has 0 bridgehead atoms. The van der Waals surface area contributed by atoms with Crippen LogP contribution in [0.15, 0.2) is 6.33 Å². The number of amides is 1. The van der Waals surface area contributed by atoms with Crippen molar-refractivity contribution in [1.82, 2.24) is 20.6 Å². The number of rotatable bonds is 9. The van der Waals surface area contributed by atoms with Gasteiger partial charge < -0.3 is 24.8 Å². The maximum Gasteiger partial charge on any atom is 0.236 e. The number of hydrogen-bond acceptors (Lipinski definition) is 7. The molecule has 8 heteroatoms. The Hall–Kier alpha value is -1.93. The van der Waals surface area contributed by atoms with Gasteiger partial charge in [-0.05, 0) is 6.92 Å². The average molecular weight is 298 g/mol. The monoisotopic (exact) mass is 298 g/mol. The molecular formula is C13H22N4O4. The van der Waals surface area contributed by atoms with Crippen LogP contribution in [0, 0.1) is 0 Å². The first kappa shape index (κ1) is 17.1. The molecule has 1 aromatic heterocycles. The number of methoxy groups -OCH3 is 3. The second kappa shape index (κ2) is 9.09. The summed E-state index contributed by atoms with van der Waals surface area (Å²) in [5.41, 5.74) is 0.666.